The van der Waals surface area contributed by atoms with E-state index in [1.807, 2.05) is 0 Å². The molecule has 0 bridgehead atoms. The Morgan fingerprint density at radius 3 is 2.36 bits per heavy atom. The van der Waals surface area contributed by atoms with Gasteiger partial charge in [0.15, 0.2) is 5.54 Å². The van der Waals surface area contributed by atoms with E-state index in [2.05, 4.69) is 10.6 Å². The smallest absolute Gasteiger partial charge is 0.315 e. The predicted molar refractivity (Wildman–Crippen MR) is 78.0 cm³/mol. The molecule has 3 rings (SSSR count). The number of rotatable bonds is 3. The second kappa shape index (κ2) is 4.90. The number of thiophene rings is 1. The minimum Gasteiger partial charge on any atom is -0.315 e. The molecule has 0 saturated carbocycles. The van der Waals surface area contributed by atoms with E-state index in [0.717, 1.165) is 0 Å². The largest absolute Gasteiger partial charge is 0.322 e. The van der Waals surface area contributed by atoms with Crippen LogP contribution in [0, 0.1) is 0 Å². The van der Waals surface area contributed by atoms with Crippen molar-refractivity contribution in [2.24, 2.45) is 0 Å². The number of urea groups is 1. The lowest BCUT2D eigenvalue weighted by Gasteiger charge is -2.26. The van der Waals surface area contributed by atoms with E-state index in [0.29, 0.717) is 4.88 Å². The third-order valence-electron chi connectivity index (χ3n) is 3.33. The summed E-state index contributed by atoms with van der Waals surface area (Å²) in [6, 6.07) is 8.06. The molecule has 1 aliphatic heterocycles. The monoisotopic (exact) mass is 338 g/mol. The number of carbonyl (C=O) groups excluding carboxylic acids is 2. The number of carbonyl (C=O) groups is 2. The van der Waals surface area contributed by atoms with Gasteiger partial charge in [0.1, 0.15) is 4.90 Å². The molecule has 22 heavy (non-hydrogen) atoms. The van der Waals surface area contributed by atoms with Gasteiger partial charge in [0.2, 0.25) is 0 Å². The lowest BCUT2D eigenvalue weighted by atomic mass is 9.88. The van der Waals surface area contributed by atoms with Gasteiger partial charge in [0.25, 0.3) is 16.0 Å². The van der Waals surface area contributed by atoms with Crippen molar-refractivity contribution < 1.29 is 22.6 Å². The van der Waals surface area contributed by atoms with Gasteiger partial charge in [0, 0.05) is 10.4 Å². The highest BCUT2D eigenvalue weighted by Gasteiger charge is 2.52. The van der Waals surface area contributed by atoms with E-state index in [4.69, 9.17) is 0 Å². The van der Waals surface area contributed by atoms with Gasteiger partial charge in [-0.3, -0.25) is 14.7 Å². The van der Waals surface area contributed by atoms with E-state index in [1.54, 1.807) is 17.5 Å². The van der Waals surface area contributed by atoms with Crippen LogP contribution in [-0.2, 0) is 20.5 Å². The Morgan fingerprint density at radius 1 is 1.09 bits per heavy atom. The summed E-state index contributed by atoms with van der Waals surface area (Å²) in [5.41, 5.74) is -1.69. The molecule has 1 fully saturated rings. The average Bonchev–Trinajstić information content (AvgIpc) is 3.06. The average molecular weight is 338 g/mol. The fourth-order valence-corrected chi connectivity index (χ4v) is 4.09. The van der Waals surface area contributed by atoms with Crippen LogP contribution in [0.15, 0.2) is 46.7 Å². The molecule has 0 radical (unpaired) electrons. The summed E-state index contributed by atoms with van der Waals surface area (Å²) in [6.07, 6.45) is 0. The summed E-state index contributed by atoms with van der Waals surface area (Å²) in [4.78, 5) is 24.1. The van der Waals surface area contributed by atoms with Crippen molar-refractivity contribution in [1.29, 1.82) is 0 Å². The molecular weight excluding hydrogens is 328 g/mol. The molecule has 0 aliphatic carbocycles. The summed E-state index contributed by atoms with van der Waals surface area (Å²) in [5.74, 6) is -0.698. The standard InChI is InChI=1S/C13H10N2O5S2/c16-11-13(15-12(17)14-11,10-6-3-7-21-10)8-4-1-2-5-9(8)22(18,19)20/h1-7H,(H,18,19,20)(H2,14,15,16,17). The van der Waals surface area contributed by atoms with Crippen LogP contribution in [0.5, 0.6) is 0 Å². The second-order valence-corrected chi connectivity index (χ2v) is 6.94. The predicted octanol–water partition coefficient (Wildman–Crippen LogP) is 1.08. The van der Waals surface area contributed by atoms with E-state index >= 15 is 0 Å². The molecule has 7 nitrogen and oxygen atoms in total. The molecule has 1 aromatic heterocycles. The van der Waals surface area contributed by atoms with Crippen molar-refractivity contribution in [3.05, 3.63) is 52.2 Å². The summed E-state index contributed by atoms with van der Waals surface area (Å²) in [5, 5.41) is 6.30. The lowest BCUT2D eigenvalue weighted by Crippen LogP contribution is -2.45. The maximum absolute atomic E-state index is 12.4. The molecule has 1 unspecified atom stereocenters. The van der Waals surface area contributed by atoms with Crippen molar-refractivity contribution in [2.45, 2.75) is 10.4 Å². The fourth-order valence-electron chi connectivity index (χ4n) is 2.44. The van der Waals surface area contributed by atoms with Crippen molar-refractivity contribution >= 4 is 33.4 Å². The Labute approximate surface area is 129 Å². The molecule has 2 heterocycles. The van der Waals surface area contributed by atoms with Crippen molar-refractivity contribution in [1.82, 2.24) is 10.6 Å². The van der Waals surface area contributed by atoms with E-state index in [1.165, 1.54) is 35.6 Å². The molecule has 0 spiro atoms. The molecule has 2 aromatic rings. The zero-order chi connectivity index (χ0) is 16.0. The fraction of sp³-hybridized carbons (Fsp3) is 0.0769. The van der Waals surface area contributed by atoms with Gasteiger partial charge in [-0.1, -0.05) is 24.3 Å². The highest BCUT2D eigenvalue weighted by atomic mass is 32.2. The third kappa shape index (κ3) is 2.10. The topological polar surface area (TPSA) is 113 Å². The summed E-state index contributed by atoms with van der Waals surface area (Å²) in [7, 11) is -4.57. The molecule has 1 saturated heterocycles. The number of nitrogens with one attached hydrogen (secondary N) is 2. The Hall–Kier alpha value is -2.23. The first-order chi connectivity index (χ1) is 10.4. The van der Waals surface area contributed by atoms with Gasteiger partial charge in [-0.2, -0.15) is 8.42 Å². The number of imide groups is 1. The van der Waals surface area contributed by atoms with Gasteiger partial charge in [-0.25, -0.2) is 4.79 Å². The van der Waals surface area contributed by atoms with Gasteiger partial charge >= 0.3 is 6.03 Å². The Morgan fingerprint density at radius 2 is 1.82 bits per heavy atom. The van der Waals surface area contributed by atoms with Crippen LogP contribution in [0.3, 0.4) is 0 Å². The SMILES string of the molecule is O=C1NC(=O)C(c2cccs2)(c2ccccc2S(=O)(=O)O)N1. The van der Waals surface area contributed by atoms with Crippen LogP contribution in [0.25, 0.3) is 0 Å². The first-order valence-electron chi connectivity index (χ1n) is 6.10. The van der Waals surface area contributed by atoms with Crippen molar-refractivity contribution in [3.8, 4) is 0 Å². The number of hydrogen-bond donors (Lipinski definition) is 3. The number of hydrogen-bond acceptors (Lipinski definition) is 5. The summed E-state index contributed by atoms with van der Waals surface area (Å²) >= 11 is 1.19. The Bertz CT molecular complexity index is 860. The van der Waals surface area contributed by atoms with Crippen LogP contribution >= 0.6 is 11.3 Å². The van der Waals surface area contributed by atoms with Crippen molar-refractivity contribution in [3.63, 3.8) is 0 Å². The van der Waals surface area contributed by atoms with Gasteiger partial charge in [0.05, 0.1) is 0 Å². The van der Waals surface area contributed by atoms with E-state index in [9.17, 15) is 22.6 Å². The van der Waals surface area contributed by atoms with Crippen LogP contribution in [0.2, 0.25) is 0 Å². The molecule has 1 aromatic carbocycles. The zero-order valence-electron chi connectivity index (χ0n) is 10.9. The second-order valence-electron chi connectivity index (χ2n) is 4.61. The highest BCUT2D eigenvalue weighted by Crippen LogP contribution is 2.38. The maximum Gasteiger partial charge on any atom is 0.322 e. The Balaban J connectivity index is 2.35. The lowest BCUT2D eigenvalue weighted by molar-refractivity contribution is -0.122. The quantitative estimate of drug-likeness (QED) is 0.572. The minimum absolute atomic E-state index is 0.0108. The first kappa shape index (κ1) is 14.7. The molecule has 114 valence electrons. The van der Waals surface area contributed by atoms with Crippen LogP contribution in [0.4, 0.5) is 4.79 Å². The van der Waals surface area contributed by atoms with Gasteiger partial charge in [-0.15, -0.1) is 11.3 Å². The summed E-state index contributed by atoms with van der Waals surface area (Å²) < 4.78 is 32.7. The number of benzene rings is 1. The third-order valence-corrected chi connectivity index (χ3v) is 5.23. The first-order valence-corrected chi connectivity index (χ1v) is 8.42. The zero-order valence-corrected chi connectivity index (χ0v) is 12.6. The minimum atomic E-state index is -4.57. The molecule has 1 aliphatic rings. The molecule has 9 heteroatoms. The van der Waals surface area contributed by atoms with Crippen LogP contribution in [-0.4, -0.2) is 24.9 Å². The highest BCUT2D eigenvalue weighted by molar-refractivity contribution is 7.85. The molecule has 3 amide bonds. The normalized spacial score (nSPS) is 21.5. The Kier molecular flexibility index (Phi) is 3.28. The van der Waals surface area contributed by atoms with Crippen LogP contribution < -0.4 is 10.6 Å². The maximum atomic E-state index is 12.4. The van der Waals surface area contributed by atoms with Crippen molar-refractivity contribution in [2.75, 3.05) is 0 Å². The van der Waals surface area contributed by atoms with Gasteiger partial charge in [-0.05, 0) is 17.5 Å². The van der Waals surface area contributed by atoms with E-state index < -0.39 is 32.5 Å². The molecule has 1 atom stereocenters. The van der Waals surface area contributed by atoms with Gasteiger partial charge < -0.3 is 5.32 Å². The van der Waals surface area contributed by atoms with Crippen LogP contribution in [0.1, 0.15) is 10.4 Å². The molecule has 3 N–H and O–H groups in total. The number of amides is 3. The molecular formula is C13H10N2O5S2. The van der Waals surface area contributed by atoms with E-state index in [-0.39, 0.29) is 5.56 Å². The summed E-state index contributed by atoms with van der Waals surface area (Å²) in [6.45, 7) is 0.